The van der Waals surface area contributed by atoms with Gasteiger partial charge in [-0.15, -0.1) is 0 Å². The van der Waals surface area contributed by atoms with E-state index < -0.39 is 10.0 Å². The van der Waals surface area contributed by atoms with Crippen LogP contribution in [0, 0.1) is 0 Å². The van der Waals surface area contributed by atoms with Gasteiger partial charge >= 0.3 is 0 Å². The summed E-state index contributed by atoms with van der Waals surface area (Å²) in [7, 11) is -3.33. The number of nitrogens with zero attached hydrogens (tertiary/aromatic N) is 6. The number of H-pyrrole nitrogens is 1. The molecule has 0 radical (unpaired) electrons. The first-order valence-corrected chi connectivity index (χ1v) is 12.7. The third-order valence-electron chi connectivity index (χ3n) is 6.83. The SMILES string of the molecule is CC1c2cc(N3CCOC[C@H]3C)nc3c2c(nn3-c2ccn[nH]2)CCN1S(=O)(=O)C1CC1. The third-order valence-corrected chi connectivity index (χ3v) is 9.29. The Labute approximate surface area is 186 Å². The number of hydrogen-bond acceptors (Lipinski definition) is 7. The Morgan fingerprint density at radius 1 is 1.22 bits per heavy atom. The first kappa shape index (κ1) is 20.1. The summed E-state index contributed by atoms with van der Waals surface area (Å²) in [6, 6.07) is 3.82. The summed E-state index contributed by atoms with van der Waals surface area (Å²) in [5.74, 6) is 1.57. The summed E-state index contributed by atoms with van der Waals surface area (Å²) in [6.07, 6.45) is 3.75. The lowest BCUT2D eigenvalue weighted by atomic mass is 10.0. The number of ether oxygens (including phenoxy) is 1. The van der Waals surface area contributed by atoms with Crippen molar-refractivity contribution in [2.45, 2.75) is 50.4 Å². The molecular weight excluding hydrogens is 430 g/mol. The number of nitrogens with one attached hydrogen (secondary N) is 1. The van der Waals surface area contributed by atoms with E-state index in [4.69, 9.17) is 14.8 Å². The van der Waals surface area contributed by atoms with Gasteiger partial charge in [-0.1, -0.05) is 0 Å². The second kappa shape index (κ2) is 7.26. The lowest BCUT2D eigenvalue weighted by molar-refractivity contribution is 0.0985. The van der Waals surface area contributed by atoms with Gasteiger partial charge in [-0.3, -0.25) is 5.10 Å². The topological polar surface area (TPSA) is 109 Å². The Bertz CT molecular complexity index is 1270. The molecule has 11 heteroatoms. The predicted octanol–water partition coefficient (Wildman–Crippen LogP) is 1.78. The number of aromatic amines is 1. The van der Waals surface area contributed by atoms with Gasteiger partial charge in [-0.05, 0) is 38.3 Å². The highest BCUT2D eigenvalue weighted by atomic mass is 32.2. The summed E-state index contributed by atoms with van der Waals surface area (Å²) in [4.78, 5) is 7.27. The van der Waals surface area contributed by atoms with Crippen molar-refractivity contribution in [3.8, 4) is 5.82 Å². The lowest BCUT2D eigenvalue weighted by Gasteiger charge is -2.35. The molecule has 32 heavy (non-hydrogen) atoms. The number of sulfonamides is 1. The molecule has 1 N–H and O–H groups in total. The van der Waals surface area contributed by atoms with Crippen molar-refractivity contribution in [1.82, 2.24) is 29.3 Å². The van der Waals surface area contributed by atoms with Gasteiger partial charge in [0.15, 0.2) is 11.5 Å². The van der Waals surface area contributed by atoms with Crippen LogP contribution in [0.4, 0.5) is 5.82 Å². The summed E-state index contributed by atoms with van der Waals surface area (Å²) >= 11 is 0. The van der Waals surface area contributed by atoms with Gasteiger partial charge < -0.3 is 9.64 Å². The van der Waals surface area contributed by atoms with Crippen molar-refractivity contribution < 1.29 is 13.2 Å². The first-order valence-electron chi connectivity index (χ1n) is 11.2. The molecule has 1 aliphatic carbocycles. The van der Waals surface area contributed by atoms with Crippen molar-refractivity contribution in [2.75, 3.05) is 31.2 Å². The van der Waals surface area contributed by atoms with Crippen LogP contribution < -0.4 is 4.90 Å². The summed E-state index contributed by atoms with van der Waals surface area (Å²) in [5, 5.41) is 12.6. The Balaban J connectivity index is 1.56. The van der Waals surface area contributed by atoms with E-state index in [0.717, 1.165) is 53.3 Å². The molecule has 3 aromatic rings. The molecule has 0 spiro atoms. The van der Waals surface area contributed by atoms with E-state index in [1.807, 2.05) is 13.0 Å². The maximum absolute atomic E-state index is 13.2. The number of pyridine rings is 1. The zero-order valence-electron chi connectivity index (χ0n) is 18.2. The van der Waals surface area contributed by atoms with E-state index >= 15 is 0 Å². The summed E-state index contributed by atoms with van der Waals surface area (Å²) < 4.78 is 35.6. The number of hydrogen-bond donors (Lipinski definition) is 1. The molecule has 5 heterocycles. The molecule has 3 aliphatic rings. The highest BCUT2D eigenvalue weighted by Gasteiger charge is 2.43. The zero-order chi connectivity index (χ0) is 22.0. The predicted molar refractivity (Wildman–Crippen MR) is 119 cm³/mol. The maximum atomic E-state index is 13.2. The molecule has 0 bridgehead atoms. The monoisotopic (exact) mass is 457 g/mol. The van der Waals surface area contributed by atoms with Gasteiger partial charge in [0.1, 0.15) is 5.82 Å². The Kier molecular flexibility index (Phi) is 4.57. The third kappa shape index (κ3) is 3.06. The average Bonchev–Trinajstić information content (AvgIpc) is 3.43. The molecule has 6 rings (SSSR count). The van der Waals surface area contributed by atoms with Crippen molar-refractivity contribution >= 4 is 26.9 Å². The Hall–Kier alpha value is -2.50. The summed E-state index contributed by atoms with van der Waals surface area (Å²) in [5.41, 5.74) is 2.57. The van der Waals surface area contributed by atoms with Crippen LogP contribution >= 0.6 is 0 Å². The Morgan fingerprint density at radius 2 is 2.06 bits per heavy atom. The minimum Gasteiger partial charge on any atom is -0.377 e. The molecule has 0 amide bonds. The molecule has 3 aromatic heterocycles. The molecule has 2 atom stereocenters. The zero-order valence-corrected chi connectivity index (χ0v) is 19.0. The van der Waals surface area contributed by atoms with Gasteiger partial charge in [-0.2, -0.15) is 19.2 Å². The minimum absolute atomic E-state index is 0.177. The molecule has 1 unspecified atom stereocenters. The second-order valence-corrected chi connectivity index (χ2v) is 11.1. The average molecular weight is 458 g/mol. The molecule has 10 nitrogen and oxygen atoms in total. The first-order chi connectivity index (χ1) is 15.4. The molecule has 2 aliphatic heterocycles. The molecule has 170 valence electrons. The van der Waals surface area contributed by atoms with E-state index in [9.17, 15) is 8.42 Å². The van der Waals surface area contributed by atoms with Gasteiger partial charge in [0.25, 0.3) is 0 Å². The maximum Gasteiger partial charge on any atom is 0.217 e. The highest BCUT2D eigenvalue weighted by Crippen LogP contribution is 2.41. The van der Waals surface area contributed by atoms with E-state index in [1.54, 1.807) is 15.2 Å². The van der Waals surface area contributed by atoms with Crippen LogP contribution in [0.5, 0.6) is 0 Å². The van der Waals surface area contributed by atoms with E-state index in [1.165, 1.54) is 0 Å². The second-order valence-electron chi connectivity index (χ2n) is 8.97. The van der Waals surface area contributed by atoms with Crippen LogP contribution in [-0.4, -0.2) is 75.3 Å². The Morgan fingerprint density at radius 3 is 2.78 bits per heavy atom. The van der Waals surface area contributed by atoms with Crippen LogP contribution in [0.25, 0.3) is 16.9 Å². The van der Waals surface area contributed by atoms with Crippen LogP contribution in [-0.2, 0) is 21.2 Å². The van der Waals surface area contributed by atoms with Crippen molar-refractivity contribution in [1.29, 1.82) is 0 Å². The standard InChI is InChI=1S/C21H27N7O3S/c1-13-12-31-10-9-26(13)19-11-16-14(2)27(32(29,30)15-3-4-15)8-6-17-20(16)21(23-19)28(25-17)18-5-7-22-24-18/h5,7,11,13-15H,3-4,6,8-10,12H2,1-2H3,(H,22,24)/t13-,14?/m1/s1. The van der Waals surface area contributed by atoms with Gasteiger partial charge in [-0.25, -0.2) is 13.4 Å². The molecule has 0 aromatic carbocycles. The number of morpholine rings is 1. The van der Waals surface area contributed by atoms with Crippen LogP contribution in [0.15, 0.2) is 18.3 Å². The largest absolute Gasteiger partial charge is 0.377 e. The van der Waals surface area contributed by atoms with Gasteiger partial charge in [0.05, 0.1) is 36.4 Å². The lowest BCUT2D eigenvalue weighted by Crippen LogP contribution is -2.44. The fourth-order valence-corrected chi connectivity index (χ4v) is 6.94. The highest BCUT2D eigenvalue weighted by molar-refractivity contribution is 7.90. The van der Waals surface area contributed by atoms with Crippen LogP contribution in [0.1, 0.15) is 44.0 Å². The van der Waals surface area contributed by atoms with E-state index in [-0.39, 0.29) is 17.3 Å². The van der Waals surface area contributed by atoms with Crippen LogP contribution in [0.3, 0.4) is 0 Å². The normalized spacial score (nSPS) is 24.8. The fourth-order valence-electron chi connectivity index (χ4n) is 4.93. The van der Waals surface area contributed by atoms with Crippen molar-refractivity contribution in [2.24, 2.45) is 0 Å². The molecule has 1 saturated carbocycles. The number of aromatic nitrogens is 5. The van der Waals surface area contributed by atoms with Gasteiger partial charge in [0.2, 0.25) is 10.0 Å². The van der Waals surface area contributed by atoms with E-state index in [0.29, 0.717) is 26.2 Å². The van der Waals surface area contributed by atoms with Crippen molar-refractivity contribution in [3.05, 3.63) is 29.6 Å². The number of anilines is 1. The molecule has 1 saturated heterocycles. The quantitative estimate of drug-likeness (QED) is 0.636. The van der Waals surface area contributed by atoms with Crippen LogP contribution in [0.2, 0.25) is 0 Å². The fraction of sp³-hybridized carbons (Fsp3) is 0.571. The smallest absolute Gasteiger partial charge is 0.217 e. The summed E-state index contributed by atoms with van der Waals surface area (Å²) in [6.45, 7) is 6.55. The van der Waals surface area contributed by atoms with Crippen molar-refractivity contribution in [3.63, 3.8) is 0 Å². The number of rotatable bonds is 4. The van der Waals surface area contributed by atoms with E-state index in [2.05, 4.69) is 28.1 Å². The molecule has 2 fully saturated rings. The molecular formula is C21H27N7O3S. The van der Waals surface area contributed by atoms with Gasteiger partial charge in [0, 0.05) is 37.0 Å². The minimum atomic E-state index is -3.33.